The third-order valence-electron chi connectivity index (χ3n) is 3.45. The predicted molar refractivity (Wildman–Crippen MR) is 101 cm³/mol. The summed E-state index contributed by atoms with van der Waals surface area (Å²) in [6.45, 7) is 5.82. The van der Waals surface area contributed by atoms with E-state index in [1.54, 1.807) is 19.9 Å². The average Bonchev–Trinajstić information content (AvgIpc) is 3.03. The summed E-state index contributed by atoms with van der Waals surface area (Å²) in [4.78, 5) is 12.4. The number of para-hydroxylation sites is 1. The van der Waals surface area contributed by atoms with Crippen LogP contribution in [-0.4, -0.2) is 42.9 Å². The van der Waals surface area contributed by atoms with Crippen LogP contribution in [0.4, 0.5) is 0 Å². The SMILES string of the molecule is CCOc1ccccc1-c1cc(C(=O)NC(C)(C)/C=C/S(C)(=O)=O)[nH]n1. The Morgan fingerprint density at radius 1 is 1.35 bits per heavy atom. The van der Waals surface area contributed by atoms with Crippen molar-refractivity contribution in [3.8, 4) is 17.0 Å². The number of rotatable bonds is 7. The molecule has 0 atom stereocenters. The summed E-state index contributed by atoms with van der Waals surface area (Å²) in [6, 6.07) is 9.06. The number of aromatic amines is 1. The average molecular weight is 377 g/mol. The van der Waals surface area contributed by atoms with Crippen LogP contribution in [0.5, 0.6) is 5.75 Å². The zero-order valence-corrected chi connectivity index (χ0v) is 16.1. The first-order valence-electron chi connectivity index (χ1n) is 8.11. The monoisotopic (exact) mass is 377 g/mol. The van der Waals surface area contributed by atoms with E-state index < -0.39 is 15.4 Å². The number of benzene rings is 1. The third-order valence-corrected chi connectivity index (χ3v) is 4.08. The van der Waals surface area contributed by atoms with Crippen molar-refractivity contribution >= 4 is 15.7 Å². The van der Waals surface area contributed by atoms with E-state index in [9.17, 15) is 13.2 Å². The van der Waals surface area contributed by atoms with Crippen LogP contribution in [0.15, 0.2) is 41.8 Å². The van der Waals surface area contributed by atoms with Crippen molar-refractivity contribution in [2.24, 2.45) is 0 Å². The van der Waals surface area contributed by atoms with Crippen LogP contribution >= 0.6 is 0 Å². The Bertz CT molecular complexity index is 914. The first kappa shape index (κ1) is 19.7. The lowest BCUT2D eigenvalue weighted by Crippen LogP contribution is -2.42. The van der Waals surface area contributed by atoms with E-state index >= 15 is 0 Å². The highest BCUT2D eigenvalue weighted by Crippen LogP contribution is 2.28. The lowest BCUT2D eigenvalue weighted by atomic mass is 10.1. The summed E-state index contributed by atoms with van der Waals surface area (Å²) in [6.07, 6.45) is 2.53. The van der Waals surface area contributed by atoms with Crippen LogP contribution in [0.2, 0.25) is 0 Å². The van der Waals surface area contributed by atoms with E-state index in [1.807, 2.05) is 31.2 Å². The molecule has 0 aliphatic carbocycles. The normalized spacial score (nSPS) is 12.3. The predicted octanol–water partition coefficient (Wildman–Crippen LogP) is 2.54. The van der Waals surface area contributed by atoms with Gasteiger partial charge in [0.05, 0.1) is 17.8 Å². The summed E-state index contributed by atoms with van der Waals surface area (Å²) in [5.41, 5.74) is 0.797. The molecule has 2 aromatic rings. The molecule has 26 heavy (non-hydrogen) atoms. The van der Waals surface area contributed by atoms with Crippen molar-refractivity contribution in [3.05, 3.63) is 47.5 Å². The van der Waals surface area contributed by atoms with E-state index in [-0.39, 0.29) is 11.6 Å². The molecule has 8 heteroatoms. The Labute approximate surface area is 153 Å². The van der Waals surface area contributed by atoms with E-state index in [0.29, 0.717) is 18.1 Å². The number of aromatic nitrogens is 2. The fraction of sp³-hybridized carbons (Fsp3) is 0.333. The van der Waals surface area contributed by atoms with Gasteiger partial charge in [0.1, 0.15) is 11.4 Å². The quantitative estimate of drug-likeness (QED) is 0.772. The molecule has 0 aliphatic rings. The molecule has 1 aromatic carbocycles. The topological polar surface area (TPSA) is 101 Å². The number of H-pyrrole nitrogens is 1. The smallest absolute Gasteiger partial charge is 0.269 e. The number of carbonyl (C=O) groups is 1. The largest absolute Gasteiger partial charge is 0.493 e. The molecule has 0 saturated carbocycles. The molecule has 140 valence electrons. The molecule has 0 fully saturated rings. The molecule has 0 saturated heterocycles. The first-order valence-corrected chi connectivity index (χ1v) is 10.1. The van der Waals surface area contributed by atoms with Crippen LogP contribution in [0.3, 0.4) is 0 Å². The molecule has 2 N–H and O–H groups in total. The number of hydrogen-bond donors (Lipinski definition) is 2. The van der Waals surface area contributed by atoms with Gasteiger partial charge in [0, 0.05) is 17.2 Å². The van der Waals surface area contributed by atoms with Crippen LogP contribution in [0.1, 0.15) is 31.3 Å². The molecule has 0 bridgehead atoms. The van der Waals surface area contributed by atoms with Crippen molar-refractivity contribution in [3.63, 3.8) is 0 Å². The van der Waals surface area contributed by atoms with Gasteiger partial charge in [-0.1, -0.05) is 12.1 Å². The fourth-order valence-electron chi connectivity index (χ4n) is 2.23. The van der Waals surface area contributed by atoms with Gasteiger partial charge in [0.2, 0.25) is 0 Å². The van der Waals surface area contributed by atoms with Gasteiger partial charge in [-0.3, -0.25) is 9.89 Å². The maximum atomic E-state index is 12.4. The second-order valence-electron chi connectivity index (χ2n) is 6.40. The first-order chi connectivity index (χ1) is 12.1. The minimum absolute atomic E-state index is 0.270. The number of amides is 1. The van der Waals surface area contributed by atoms with Gasteiger partial charge in [-0.25, -0.2) is 8.42 Å². The molecule has 7 nitrogen and oxygen atoms in total. The highest BCUT2D eigenvalue weighted by molar-refractivity contribution is 7.93. The van der Waals surface area contributed by atoms with E-state index in [1.165, 1.54) is 6.08 Å². The second kappa shape index (κ2) is 7.74. The van der Waals surface area contributed by atoms with E-state index in [4.69, 9.17) is 4.74 Å². The molecule has 0 unspecified atom stereocenters. The van der Waals surface area contributed by atoms with Crippen LogP contribution < -0.4 is 10.1 Å². The van der Waals surface area contributed by atoms with Gasteiger partial charge >= 0.3 is 0 Å². The summed E-state index contributed by atoms with van der Waals surface area (Å²) in [5, 5.41) is 10.7. The van der Waals surface area contributed by atoms with Crippen molar-refractivity contribution < 1.29 is 17.9 Å². The lowest BCUT2D eigenvalue weighted by Gasteiger charge is -2.21. The van der Waals surface area contributed by atoms with E-state index in [0.717, 1.165) is 17.2 Å². The zero-order valence-electron chi connectivity index (χ0n) is 15.2. The van der Waals surface area contributed by atoms with E-state index in [2.05, 4.69) is 15.5 Å². The molecule has 1 amide bonds. The molecule has 2 rings (SSSR count). The molecular weight excluding hydrogens is 354 g/mol. The Morgan fingerprint density at radius 2 is 2.04 bits per heavy atom. The Balaban J connectivity index is 2.19. The Hall–Kier alpha value is -2.61. The molecular formula is C18H23N3O4S. The van der Waals surface area contributed by atoms with Crippen molar-refractivity contribution in [1.29, 1.82) is 0 Å². The van der Waals surface area contributed by atoms with Gasteiger partial charge < -0.3 is 10.1 Å². The number of ether oxygens (including phenoxy) is 1. The van der Waals surface area contributed by atoms with Crippen molar-refractivity contribution in [2.45, 2.75) is 26.3 Å². The maximum Gasteiger partial charge on any atom is 0.269 e. The third kappa shape index (κ3) is 5.45. The molecule has 0 spiro atoms. The zero-order chi connectivity index (χ0) is 19.4. The summed E-state index contributed by atoms with van der Waals surface area (Å²) in [5.74, 6) is 0.297. The minimum atomic E-state index is -3.27. The van der Waals surface area contributed by atoms with Gasteiger partial charge in [-0.05, 0) is 45.0 Å². The Kier molecular flexibility index (Phi) is 5.86. The summed E-state index contributed by atoms with van der Waals surface area (Å²) in [7, 11) is -3.27. The van der Waals surface area contributed by atoms with Crippen molar-refractivity contribution in [2.75, 3.05) is 12.9 Å². The lowest BCUT2D eigenvalue weighted by molar-refractivity contribution is 0.0922. The molecule has 1 aromatic heterocycles. The Morgan fingerprint density at radius 3 is 2.69 bits per heavy atom. The van der Waals surface area contributed by atoms with Crippen LogP contribution in [-0.2, 0) is 9.84 Å². The highest BCUT2D eigenvalue weighted by Gasteiger charge is 2.21. The fourth-order valence-corrected chi connectivity index (χ4v) is 2.82. The second-order valence-corrected chi connectivity index (χ2v) is 8.34. The van der Waals surface area contributed by atoms with Crippen molar-refractivity contribution in [1.82, 2.24) is 15.5 Å². The standard InChI is InChI=1S/C18H23N3O4S/c1-5-25-16-9-7-6-8-13(16)14-12-15(21-20-14)17(22)19-18(2,3)10-11-26(4,23)24/h6-12H,5H2,1-4H3,(H,19,22)(H,20,21)/b11-10+. The molecule has 0 radical (unpaired) electrons. The van der Waals surface area contributed by atoms with Gasteiger partial charge in [0.25, 0.3) is 5.91 Å². The van der Waals surface area contributed by atoms with Gasteiger partial charge in [-0.2, -0.15) is 5.10 Å². The summed E-state index contributed by atoms with van der Waals surface area (Å²) < 4.78 is 28.1. The molecule has 1 heterocycles. The number of nitrogens with zero attached hydrogens (tertiary/aromatic N) is 1. The molecule has 0 aliphatic heterocycles. The van der Waals surface area contributed by atoms with Gasteiger partial charge in [0.15, 0.2) is 9.84 Å². The van der Waals surface area contributed by atoms with Crippen LogP contribution in [0.25, 0.3) is 11.3 Å². The number of hydrogen-bond acceptors (Lipinski definition) is 5. The minimum Gasteiger partial charge on any atom is -0.493 e. The summed E-state index contributed by atoms with van der Waals surface area (Å²) >= 11 is 0. The number of nitrogens with one attached hydrogen (secondary N) is 2. The van der Waals surface area contributed by atoms with Crippen LogP contribution in [0, 0.1) is 0 Å². The highest BCUT2D eigenvalue weighted by atomic mass is 32.2. The number of sulfone groups is 1. The number of carbonyl (C=O) groups excluding carboxylic acids is 1. The maximum absolute atomic E-state index is 12.4. The van der Waals surface area contributed by atoms with Gasteiger partial charge in [-0.15, -0.1) is 0 Å².